The van der Waals surface area contributed by atoms with Crippen LogP contribution in [0, 0.1) is 5.92 Å². The van der Waals surface area contributed by atoms with Crippen molar-refractivity contribution in [2.24, 2.45) is 5.92 Å². The fourth-order valence-corrected chi connectivity index (χ4v) is 2.84. The number of hydrogen-bond donors (Lipinski definition) is 0. The fraction of sp³-hybridized carbons (Fsp3) is 1.00. The van der Waals surface area contributed by atoms with Crippen molar-refractivity contribution < 1.29 is 13.2 Å². The van der Waals surface area contributed by atoms with Gasteiger partial charge in [0.1, 0.15) is 0 Å². The summed E-state index contributed by atoms with van der Waals surface area (Å²) in [5.74, 6) is 0.465. The molecular formula is C9H20ClNO3S. The van der Waals surface area contributed by atoms with Gasteiger partial charge >= 0.3 is 0 Å². The van der Waals surface area contributed by atoms with E-state index in [1.165, 1.54) is 4.31 Å². The van der Waals surface area contributed by atoms with Gasteiger partial charge in [-0.25, -0.2) is 12.7 Å². The SMILES string of the molecule is COCCCN(C)S(=O)(=O)CC(C)CCl. The Balaban J connectivity index is 4.08. The van der Waals surface area contributed by atoms with Gasteiger partial charge in [0.25, 0.3) is 0 Å². The van der Waals surface area contributed by atoms with Crippen molar-refractivity contribution in [3.05, 3.63) is 0 Å². The highest BCUT2D eigenvalue weighted by atomic mass is 35.5. The first-order chi connectivity index (χ1) is 6.94. The average molecular weight is 258 g/mol. The Hall–Kier alpha value is 0.160. The molecule has 0 saturated carbocycles. The first-order valence-corrected chi connectivity index (χ1v) is 7.07. The van der Waals surface area contributed by atoms with E-state index in [1.807, 2.05) is 6.92 Å². The van der Waals surface area contributed by atoms with E-state index in [1.54, 1.807) is 14.2 Å². The molecule has 0 aliphatic carbocycles. The maximum absolute atomic E-state index is 11.7. The zero-order chi connectivity index (χ0) is 11.9. The summed E-state index contributed by atoms with van der Waals surface area (Å²) in [5, 5.41) is 0. The van der Waals surface area contributed by atoms with E-state index in [0.717, 1.165) is 0 Å². The summed E-state index contributed by atoms with van der Waals surface area (Å²) in [5.41, 5.74) is 0. The highest BCUT2D eigenvalue weighted by molar-refractivity contribution is 7.89. The summed E-state index contributed by atoms with van der Waals surface area (Å²) in [7, 11) is 0.0317. The Bertz CT molecular complexity index is 256. The second kappa shape index (κ2) is 7.44. The summed E-state index contributed by atoms with van der Waals surface area (Å²) in [6.07, 6.45) is 0.710. The van der Waals surface area contributed by atoms with Crippen molar-refractivity contribution >= 4 is 21.6 Å². The van der Waals surface area contributed by atoms with Crippen LogP contribution in [0.25, 0.3) is 0 Å². The smallest absolute Gasteiger partial charge is 0.214 e. The van der Waals surface area contributed by atoms with Crippen LogP contribution in [-0.2, 0) is 14.8 Å². The van der Waals surface area contributed by atoms with E-state index >= 15 is 0 Å². The molecule has 0 aromatic carbocycles. The predicted octanol–water partition coefficient (Wildman–Crippen LogP) is 1.16. The molecule has 4 nitrogen and oxygen atoms in total. The normalized spacial score (nSPS) is 14.5. The van der Waals surface area contributed by atoms with Gasteiger partial charge in [0.05, 0.1) is 5.75 Å². The minimum absolute atomic E-state index is 0.0125. The van der Waals surface area contributed by atoms with Crippen LogP contribution in [0.4, 0.5) is 0 Å². The Labute approximate surface area is 97.6 Å². The van der Waals surface area contributed by atoms with Gasteiger partial charge in [0.2, 0.25) is 10.0 Å². The molecule has 0 fully saturated rings. The Kier molecular flexibility index (Phi) is 7.52. The Morgan fingerprint density at radius 1 is 1.47 bits per heavy atom. The van der Waals surface area contributed by atoms with Crippen LogP contribution < -0.4 is 0 Å². The summed E-state index contributed by atoms with van der Waals surface area (Å²) in [4.78, 5) is 0. The number of ether oxygens (including phenoxy) is 1. The van der Waals surface area contributed by atoms with Crippen molar-refractivity contribution in [2.75, 3.05) is 38.9 Å². The molecule has 0 heterocycles. The van der Waals surface area contributed by atoms with Gasteiger partial charge in [0.15, 0.2) is 0 Å². The quantitative estimate of drug-likeness (QED) is 0.484. The van der Waals surface area contributed by atoms with E-state index < -0.39 is 10.0 Å². The summed E-state index contributed by atoms with van der Waals surface area (Å²) < 4.78 is 29.7. The first-order valence-electron chi connectivity index (χ1n) is 4.93. The molecule has 1 atom stereocenters. The topological polar surface area (TPSA) is 46.6 Å². The lowest BCUT2D eigenvalue weighted by Gasteiger charge is -2.18. The summed E-state index contributed by atoms with van der Waals surface area (Å²) >= 11 is 5.59. The van der Waals surface area contributed by atoms with Crippen LogP contribution in [0.5, 0.6) is 0 Å². The number of nitrogens with zero attached hydrogens (tertiary/aromatic N) is 1. The Morgan fingerprint density at radius 3 is 2.53 bits per heavy atom. The molecule has 0 aliphatic rings. The van der Waals surface area contributed by atoms with E-state index in [-0.39, 0.29) is 11.7 Å². The molecule has 0 rings (SSSR count). The molecule has 6 heteroatoms. The lowest BCUT2D eigenvalue weighted by Crippen LogP contribution is -2.33. The molecule has 0 saturated heterocycles. The van der Waals surface area contributed by atoms with Gasteiger partial charge in [-0.15, -0.1) is 11.6 Å². The van der Waals surface area contributed by atoms with E-state index in [0.29, 0.717) is 25.5 Å². The fourth-order valence-electron chi connectivity index (χ4n) is 1.10. The molecule has 0 spiro atoms. The highest BCUT2D eigenvalue weighted by Crippen LogP contribution is 2.07. The van der Waals surface area contributed by atoms with Crippen molar-refractivity contribution in [1.29, 1.82) is 0 Å². The van der Waals surface area contributed by atoms with Crippen LogP contribution in [-0.4, -0.2) is 51.7 Å². The molecule has 0 radical (unpaired) electrons. The molecule has 1 unspecified atom stereocenters. The molecule has 0 aromatic heterocycles. The minimum atomic E-state index is -3.16. The maximum atomic E-state index is 11.7. The molecule has 15 heavy (non-hydrogen) atoms. The van der Waals surface area contributed by atoms with E-state index in [2.05, 4.69) is 0 Å². The largest absolute Gasteiger partial charge is 0.385 e. The molecular weight excluding hydrogens is 238 g/mol. The van der Waals surface area contributed by atoms with E-state index in [4.69, 9.17) is 16.3 Å². The van der Waals surface area contributed by atoms with Crippen molar-refractivity contribution in [3.63, 3.8) is 0 Å². The second-order valence-electron chi connectivity index (χ2n) is 3.71. The third-order valence-corrected chi connectivity index (χ3v) is 4.70. The van der Waals surface area contributed by atoms with Crippen LogP contribution in [0.15, 0.2) is 0 Å². The second-order valence-corrected chi connectivity index (χ2v) is 6.14. The molecule has 0 amide bonds. The van der Waals surface area contributed by atoms with Crippen molar-refractivity contribution in [1.82, 2.24) is 4.31 Å². The standard InChI is InChI=1S/C9H20ClNO3S/c1-9(7-10)8-15(12,13)11(2)5-4-6-14-3/h9H,4-8H2,1-3H3. The summed E-state index contributed by atoms with van der Waals surface area (Å²) in [6, 6.07) is 0. The van der Waals surface area contributed by atoms with Gasteiger partial charge in [-0.05, 0) is 12.3 Å². The summed E-state index contributed by atoms with van der Waals surface area (Å²) in [6.45, 7) is 2.89. The number of rotatable bonds is 8. The number of methoxy groups -OCH3 is 1. The number of sulfonamides is 1. The monoisotopic (exact) mass is 257 g/mol. The van der Waals surface area contributed by atoms with Crippen molar-refractivity contribution in [2.45, 2.75) is 13.3 Å². The van der Waals surface area contributed by atoms with Crippen LogP contribution in [0.3, 0.4) is 0 Å². The van der Waals surface area contributed by atoms with Gasteiger partial charge < -0.3 is 4.74 Å². The van der Waals surface area contributed by atoms with Crippen LogP contribution in [0.1, 0.15) is 13.3 Å². The number of alkyl halides is 1. The number of halogens is 1. The van der Waals surface area contributed by atoms with Crippen molar-refractivity contribution in [3.8, 4) is 0 Å². The van der Waals surface area contributed by atoms with E-state index in [9.17, 15) is 8.42 Å². The Morgan fingerprint density at radius 2 is 2.07 bits per heavy atom. The molecule has 0 aliphatic heterocycles. The van der Waals surface area contributed by atoms with Gasteiger partial charge in [-0.1, -0.05) is 6.92 Å². The first kappa shape index (κ1) is 15.2. The predicted molar refractivity (Wildman–Crippen MR) is 62.8 cm³/mol. The minimum Gasteiger partial charge on any atom is -0.385 e. The van der Waals surface area contributed by atoms with Gasteiger partial charge in [-0.2, -0.15) is 0 Å². The average Bonchev–Trinajstić information content (AvgIpc) is 2.17. The number of hydrogen-bond acceptors (Lipinski definition) is 3. The van der Waals surface area contributed by atoms with Gasteiger partial charge in [-0.3, -0.25) is 0 Å². The third-order valence-electron chi connectivity index (χ3n) is 2.05. The lowest BCUT2D eigenvalue weighted by atomic mass is 10.3. The highest BCUT2D eigenvalue weighted by Gasteiger charge is 2.20. The van der Waals surface area contributed by atoms with Crippen LogP contribution in [0.2, 0.25) is 0 Å². The van der Waals surface area contributed by atoms with Gasteiger partial charge in [0, 0.05) is 33.2 Å². The zero-order valence-corrected chi connectivity index (χ0v) is 11.1. The molecule has 92 valence electrons. The maximum Gasteiger partial charge on any atom is 0.214 e. The zero-order valence-electron chi connectivity index (χ0n) is 9.57. The third kappa shape index (κ3) is 6.35. The molecule has 0 bridgehead atoms. The molecule has 0 aromatic rings. The lowest BCUT2D eigenvalue weighted by molar-refractivity contribution is 0.189. The van der Waals surface area contributed by atoms with Crippen LogP contribution >= 0.6 is 11.6 Å². The molecule has 0 N–H and O–H groups in total.